The molecule has 2 aliphatic rings. The van der Waals surface area contributed by atoms with Gasteiger partial charge in [-0.2, -0.15) is 17.0 Å². The zero-order valence-electron chi connectivity index (χ0n) is 13.3. The van der Waals surface area contributed by atoms with Gasteiger partial charge in [-0.3, -0.25) is 0 Å². The van der Waals surface area contributed by atoms with Crippen LogP contribution in [0, 0.1) is 0 Å². The van der Waals surface area contributed by atoms with Gasteiger partial charge in [0.05, 0.1) is 10.1 Å². The van der Waals surface area contributed by atoms with Gasteiger partial charge in [0.1, 0.15) is 0 Å². The van der Waals surface area contributed by atoms with Crippen LogP contribution in [0.25, 0.3) is 0 Å². The molecule has 2 bridgehead atoms. The number of fused-ring (bicyclic) bond motifs is 2. The van der Waals surface area contributed by atoms with Crippen molar-refractivity contribution in [1.82, 2.24) is 8.61 Å². The molecule has 0 aliphatic carbocycles. The Kier molecular flexibility index (Phi) is 4.29. The van der Waals surface area contributed by atoms with Gasteiger partial charge in [0.15, 0.2) is 9.84 Å². The van der Waals surface area contributed by atoms with E-state index in [0.717, 1.165) is 12.8 Å². The molecule has 0 spiro atoms. The maximum atomic E-state index is 12.8. The molecular weight excluding hydrogens is 336 g/mol. The Bertz CT molecular complexity index is 761. The summed E-state index contributed by atoms with van der Waals surface area (Å²) < 4.78 is 53.3. The molecule has 2 atom stereocenters. The van der Waals surface area contributed by atoms with Gasteiger partial charge >= 0.3 is 0 Å². The van der Waals surface area contributed by atoms with Crippen LogP contribution < -0.4 is 0 Å². The molecular formula is C15H22N2O4S2. The molecule has 0 N–H and O–H groups in total. The third-order valence-electron chi connectivity index (χ3n) is 4.86. The van der Waals surface area contributed by atoms with Gasteiger partial charge in [0.25, 0.3) is 10.2 Å². The fraction of sp³-hybridized carbons (Fsp3) is 0.600. The fourth-order valence-electron chi connectivity index (χ4n) is 3.71. The third kappa shape index (κ3) is 2.82. The van der Waals surface area contributed by atoms with Crippen LogP contribution in [-0.2, 0) is 20.0 Å². The van der Waals surface area contributed by atoms with Gasteiger partial charge in [0.2, 0.25) is 0 Å². The summed E-state index contributed by atoms with van der Waals surface area (Å²) in [4.78, 5) is 0.327. The molecule has 2 fully saturated rings. The molecule has 6 nitrogen and oxygen atoms in total. The summed E-state index contributed by atoms with van der Waals surface area (Å²) >= 11 is 0. The second kappa shape index (κ2) is 5.84. The summed E-state index contributed by atoms with van der Waals surface area (Å²) in [5, 5.41) is -0.504. The summed E-state index contributed by atoms with van der Waals surface area (Å²) in [6.45, 7) is 0. The van der Waals surface area contributed by atoms with Crippen LogP contribution in [0.2, 0.25) is 0 Å². The number of benzene rings is 1. The van der Waals surface area contributed by atoms with Crippen molar-refractivity contribution in [2.24, 2.45) is 0 Å². The van der Waals surface area contributed by atoms with Crippen molar-refractivity contribution in [3.63, 3.8) is 0 Å². The minimum Gasteiger partial charge on any atom is -0.223 e. The standard InChI is InChI=1S/C15H22N2O4S2/c1-16(2)23(20,21)17-12-8-9-13(17)11-15(10-12)22(18,19)14-6-4-3-5-7-14/h3-7,12-13,15H,8-11H2,1-2H3/t12-,13-/m0/s1. The van der Waals surface area contributed by atoms with Gasteiger partial charge in [-0.25, -0.2) is 8.42 Å². The molecule has 128 valence electrons. The zero-order chi connectivity index (χ0) is 16.8. The zero-order valence-corrected chi connectivity index (χ0v) is 14.9. The highest BCUT2D eigenvalue weighted by molar-refractivity contribution is 7.92. The number of nitrogens with zero attached hydrogens (tertiary/aromatic N) is 2. The van der Waals surface area contributed by atoms with E-state index < -0.39 is 25.3 Å². The first-order valence-electron chi connectivity index (χ1n) is 7.74. The van der Waals surface area contributed by atoms with Crippen molar-refractivity contribution in [2.45, 2.75) is 47.9 Å². The molecule has 0 unspecified atom stereocenters. The van der Waals surface area contributed by atoms with Gasteiger partial charge < -0.3 is 0 Å². The minimum atomic E-state index is -3.50. The van der Waals surface area contributed by atoms with E-state index in [9.17, 15) is 16.8 Å². The lowest BCUT2D eigenvalue weighted by Gasteiger charge is -2.38. The SMILES string of the molecule is CN(C)S(=O)(=O)N1[C@H]2CC[C@H]1CC(S(=O)(=O)c1ccccc1)C2. The van der Waals surface area contributed by atoms with Crippen LogP contribution in [0.4, 0.5) is 0 Å². The van der Waals surface area contributed by atoms with E-state index in [-0.39, 0.29) is 12.1 Å². The summed E-state index contributed by atoms with van der Waals surface area (Å²) in [5.74, 6) is 0. The summed E-state index contributed by atoms with van der Waals surface area (Å²) in [7, 11) is -3.88. The second-order valence-corrected chi connectivity index (χ2v) is 10.7. The van der Waals surface area contributed by atoms with Crippen LogP contribution in [0.3, 0.4) is 0 Å². The Balaban J connectivity index is 1.88. The van der Waals surface area contributed by atoms with Crippen LogP contribution >= 0.6 is 0 Å². The smallest absolute Gasteiger partial charge is 0.223 e. The molecule has 1 aromatic carbocycles. The van der Waals surface area contributed by atoms with Crippen molar-refractivity contribution in [3.8, 4) is 0 Å². The van der Waals surface area contributed by atoms with Gasteiger partial charge in [0, 0.05) is 26.2 Å². The average molecular weight is 358 g/mol. The van der Waals surface area contributed by atoms with E-state index in [2.05, 4.69) is 0 Å². The first-order valence-corrected chi connectivity index (χ1v) is 10.7. The molecule has 1 aromatic rings. The highest BCUT2D eigenvalue weighted by Crippen LogP contribution is 2.41. The molecule has 0 saturated carbocycles. The van der Waals surface area contributed by atoms with Crippen molar-refractivity contribution < 1.29 is 16.8 Å². The molecule has 2 aliphatic heterocycles. The van der Waals surface area contributed by atoms with E-state index in [4.69, 9.17) is 0 Å². The van der Waals surface area contributed by atoms with Crippen molar-refractivity contribution in [2.75, 3.05) is 14.1 Å². The van der Waals surface area contributed by atoms with Crippen LogP contribution in [0.5, 0.6) is 0 Å². The molecule has 8 heteroatoms. The van der Waals surface area contributed by atoms with Crippen molar-refractivity contribution in [3.05, 3.63) is 30.3 Å². The van der Waals surface area contributed by atoms with Gasteiger partial charge in [-0.05, 0) is 37.8 Å². The van der Waals surface area contributed by atoms with Crippen molar-refractivity contribution in [1.29, 1.82) is 0 Å². The average Bonchev–Trinajstić information content (AvgIpc) is 2.79. The first kappa shape index (κ1) is 16.9. The Hall–Kier alpha value is -0.960. The van der Waals surface area contributed by atoms with E-state index >= 15 is 0 Å². The van der Waals surface area contributed by atoms with Crippen LogP contribution in [0.1, 0.15) is 25.7 Å². The second-order valence-electron chi connectivity index (χ2n) is 6.46. The topological polar surface area (TPSA) is 74.8 Å². The summed E-state index contributed by atoms with van der Waals surface area (Å²) in [6.07, 6.45) is 2.22. The maximum Gasteiger partial charge on any atom is 0.281 e. The Morgan fingerprint density at radius 2 is 1.48 bits per heavy atom. The highest BCUT2D eigenvalue weighted by atomic mass is 32.2. The predicted molar refractivity (Wildman–Crippen MR) is 87.9 cm³/mol. The normalized spacial score (nSPS) is 29.1. The van der Waals surface area contributed by atoms with E-state index in [1.165, 1.54) is 22.7 Å². The van der Waals surface area contributed by atoms with E-state index in [1.807, 2.05) is 0 Å². The number of rotatable bonds is 4. The summed E-state index contributed by atoms with van der Waals surface area (Å²) in [5.41, 5.74) is 0. The first-order chi connectivity index (χ1) is 10.7. The maximum absolute atomic E-state index is 12.8. The highest BCUT2D eigenvalue weighted by Gasteiger charge is 2.50. The fourth-order valence-corrected chi connectivity index (χ4v) is 7.09. The number of sulfone groups is 1. The van der Waals surface area contributed by atoms with Crippen LogP contribution in [-0.4, -0.2) is 56.9 Å². The molecule has 0 aromatic heterocycles. The molecule has 23 heavy (non-hydrogen) atoms. The van der Waals surface area contributed by atoms with Gasteiger partial charge in [-0.1, -0.05) is 18.2 Å². The number of piperidine rings is 1. The van der Waals surface area contributed by atoms with Gasteiger partial charge in [-0.15, -0.1) is 0 Å². The van der Waals surface area contributed by atoms with Crippen molar-refractivity contribution >= 4 is 20.0 Å². The van der Waals surface area contributed by atoms with Crippen LogP contribution in [0.15, 0.2) is 35.2 Å². The predicted octanol–water partition coefficient (Wildman–Crippen LogP) is 1.26. The van der Waals surface area contributed by atoms with E-state index in [0.29, 0.717) is 17.7 Å². The lowest BCUT2D eigenvalue weighted by atomic mass is 10.1. The quantitative estimate of drug-likeness (QED) is 0.812. The summed E-state index contributed by atoms with van der Waals surface area (Å²) in [6, 6.07) is 8.00. The molecule has 2 heterocycles. The minimum absolute atomic E-state index is 0.218. The largest absolute Gasteiger partial charge is 0.281 e. The monoisotopic (exact) mass is 358 g/mol. The Labute approximate surface area is 138 Å². The molecule has 3 rings (SSSR count). The lowest BCUT2D eigenvalue weighted by Crippen LogP contribution is -2.52. The molecule has 0 amide bonds. The Morgan fingerprint density at radius 1 is 0.957 bits per heavy atom. The third-order valence-corrected chi connectivity index (χ3v) is 9.11. The number of hydrogen-bond donors (Lipinski definition) is 0. The lowest BCUT2D eigenvalue weighted by molar-refractivity contribution is 0.236. The molecule has 0 radical (unpaired) electrons. The number of hydrogen-bond acceptors (Lipinski definition) is 4. The Morgan fingerprint density at radius 3 is 1.96 bits per heavy atom. The van der Waals surface area contributed by atoms with E-state index in [1.54, 1.807) is 30.3 Å². The molecule has 2 saturated heterocycles.